The second kappa shape index (κ2) is 10.9. The lowest BCUT2D eigenvalue weighted by Gasteiger charge is -2.49. The molecule has 4 heterocycles. The van der Waals surface area contributed by atoms with E-state index in [-0.39, 0.29) is 29.2 Å². The molecule has 1 saturated heterocycles. The van der Waals surface area contributed by atoms with Gasteiger partial charge in [0.25, 0.3) is 11.4 Å². The quantitative estimate of drug-likeness (QED) is 0.216. The molecular formula is C30H28F4N6O. The van der Waals surface area contributed by atoms with Gasteiger partial charge in [0.1, 0.15) is 11.5 Å². The van der Waals surface area contributed by atoms with Crippen molar-refractivity contribution >= 4 is 22.5 Å². The van der Waals surface area contributed by atoms with Crippen molar-refractivity contribution in [3.63, 3.8) is 0 Å². The Morgan fingerprint density at radius 2 is 1.80 bits per heavy atom. The van der Waals surface area contributed by atoms with Gasteiger partial charge in [-0.25, -0.2) is 9.37 Å². The lowest BCUT2D eigenvalue weighted by molar-refractivity contribution is -0.141. The maximum atomic E-state index is 13.9. The highest BCUT2D eigenvalue weighted by atomic mass is 19.4. The van der Waals surface area contributed by atoms with Crippen molar-refractivity contribution in [1.29, 1.82) is 0 Å². The maximum Gasteiger partial charge on any atom is 0.433 e. The van der Waals surface area contributed by atoms with E-state index in [4.69, 9.17) is 6.57 Å². The van der Waals surface area contributed by atoms with Crippen LogP contribution in [0.1, 0.15) is 43.3 Å². The van der Waals surface area contributed by atoms with Gasteiger partial charge < -0.3 is 14.3 Å². The molecule has 0 amide bonds. The fourth-order valence-corrected chi connectivity index (χ4v) is 5.60. The third kappa shape index (κ3) is 5.39. The normalized spacial score (nSPS) is 18.8. The van der Waals surface area contributed by atoms with E-state index in [1.165, 1.54) is 28.8 Å². The van der Waals surface area contributed by atoms with Crippen LogP contribution >= 0.6 is 0 Å². The Balaban J connectivity index is 1.60. The summed E-state index contributed by atoms with van der Waals surface area (Å²) in [6.45, 7) is 12.2. The van der Waals surface area contributed by atoms with Crippen LogP contribution in [-0.2, 0) is 13.2 Å². The number of hydrogen-bond donors (Lipinski definition) is 0. The van der Waals surface area contributed by atoms with Crippen molar-refractivity contribution in [3.05, 3.63) is 105 Å². The molecule has 0 spiro atoms. The van der Waals surface area contributed by atoms with E-state index in [2.05, 4.69) is 24.6 Å². The molecule has 0 aliphatic carbocycles. The van der Waals surface area contributed by atoms with Crippen molar-refractivity contribution in [2.24, 2.45) is 7.05 Å². The SMILES string of the molecule is [C-]#[N+]c1ccc2c(n1)c(N1C[C@@H](CC)N(C(c3ccc(F)cc3)c3cccc(C(F)(F)F)n3)C[C@@H]1C)cc(=O)n2C. The first-order valence-electron chi connectivity index (χ1n) is 13.2. The van der Waals surface area contributed by atoms with Gasteiger partial charge in [-0.05, 0) is 55.3 Å². The number of benzene rings is 1. The van der Waals surface area contributed by atoms with E-state index >= 15 is 0 Å². The van der Waals surface area contributed by atoms with Gasteiger partial charge in [-0.15, -0.1) is 4.98 Å². The molecule has 0 saturated carbocycles. The minimum absolute atomic E-state index is 0.166. The number of aromatic nitrogens is 3. The molecule has 3 aromatic heterocycles. The summed E-state index contributed by atoms with van der Waals surface area (Å²) in [5, 5.41) is 0. The van der Waals surface area contributed by atoms with Crippen LogP contribution in [0.4, 0.5) is 29.1 Å². The van der Waals surface area contributed by atoms with Crippen LogP contribution in [0, 0.1) is 12.4 Å². The Labute approximate surface area is 234 Å². The molecule has 5 rings (SSSR count). The van der Waals surface area contributed by atoms with Gasteiger partial charge in [0.05, 0.1) is 22.9 Å². The Morgan fingerprint density at radius 1 is 1.07 bits per heavy atom. The minimum Gasteiger partial charge on any atom is -0.362 e. The first-order chi connectivity index (χ1) is 19.5. The summed E-state index contributed by atoms with van der Waals surface area (Å²) in [7, 11) is 1.65. The summed E-state index contributed by atoms with van der Waals surface area (Å²) in [6.07, 6.45) is -3.97. The summed E-state index contributed by atoms with van der Waals surface area (Å²) >= 11 is 0. The predicted molar refractivity (Wildman–Crippen MR) is 148 cm³/mol. The number of nitrogens with zero attached hydrogens (tertiary/aromatic N) is 6. The Kier molecular flexibility index (Phi) is 7.53. The fraction of sp³-hybridized carbons (Fsp3) is 0.333. The number of anilines is 1. The Morgan fingerprint density at radius 3 is 2.46 bits per heavy atom. The molecule has 41 heavy (non-hydrogen) atoms. The maximum absolute atomic E-state index is 13.9. The molecule has 7 nitrogen and oxygen atoms in total. The molecule has 0 radical (unpaired) electrons. The molecule has 0 N–H and O–H groups in total. The van der Waals surface area contributed by atoms with Gasteiger partial charge in [-0.3, -0.25) is 9.69 Å². The summed E-state index contributed by atoms with van der Waals surface area (Å²) in [4.78, 5) is 29.1. The van der Waals surface area contributed by atoms with Crippen LogP contribution in [0.2, 0.25) is 0 Å². The molecule has 1 unspecified atom stereocenters. The van der Waals surface area contributed by atoms with E-state index in [0.717, 1.165) is 6.07 Å². The first-order valence-corrected chi connectivity index (χ1v) is 13.2. The van der Waals surface area contributed by atoms with Gasteiger partial charge in [0.2, 0.25) is 5.52 Å². The van der Waals surface area contributed by atoms with Crippen molar-refractivity contribution < 1.29 is 17.6 Å². The minimum atomic E-state index is -4.61. The van der Waals surface area contributed by atoms with Gasteiger partial charge >= 0.3 is 6.18 Å². The molecule has 11 heteroatoms. The average molecular weight is 565 g/mol. The van der Waals surface area contributed by atoms with Crippen LogP contribution < -0.4 is 10.5 Å². The summed E-state index contributed by atoms with van der Waals surface area (Å²) in [5.74, 6) is -0.235. The zero-order valence-electron chi connectivity index (χ0n) is 22.7. The molecular weight excluding hydrogens is 536 g/mol. The second-order valence-corrected chi connectivity index (χ2v) is 10.2. The summed E-state index contributed by atoms with van der Waals surface area (Å²) in [5.41, 5.74) is 1.37. The van der Waals surface area contributed by atoms with Gasteiger partial charge in [0.15, 0.2) is 0 Å². The zero-order valence-corrected chi connectivity index (χ0v) is 22.7. The van der Waals surface area contributed by atoms with Gasteiger partial charge in [-0.1, -0.05) is 31.7 Å². The molecule has 3 atom stereocenters. The van der Waals surface area contributed by atoms with E-state index in [1.807, 2.05) is 13.8 Å². The van der Waals surface area contributed by atoms with E-state index < -0.39 is 23.7 Å². The van der Waals surface area contributed by atoms with Gasteiger partial charge in [0, 0.05) is 38.3 Å². The van der Waals surface area contributed by atoms with Crippen molar-refractivity contribution in [2.45, 2.75) is 44.6 Å². The topological polar surface area (TPSA) is 58.6 Å². The third-order valence-electron chi connectivity index (χ3n) is 7.69. The number of alkyl halides is 3. The molecule has 1 aromatic carbocycles. The third-order valence-corrected chi connectivity index (χ3v) is 7.69. The fourth-order valence-electron chi connectivity index (χ4n) is 5.60. The Hall–Kier alpha value is -4.30. The highest BCUT2D eigenvalue weighted by molar-refractivity contribution is 5.89. The van der Waals surface area contributed by atoms with Crippen molar-refractivity contribution in [2.75, 3.05) is 18.0 Å². The average Bonchev–Trinajstić information content (AvgIpc) is 2.96. The smallest absolute Gasteiger partial charge is 0.362 e. The number of pyridine rings is 3. The summed E-state index contributed by atoms with van der Waals surface area (Å²) < 4.78 is 56.2. The van der Waals surface area contributed by atoms with Crippen LogP contribution in [-0.4, -0.2) is 44.6 Å². The highest BCUT2D eigenvalue weighted by Gasteiger charge is 2.39. The largest absolute Gasteiger partial charge is 0.433 e. The number of rotatable bonds is 5. The summed E-state index contributed by atoms with van der Waals surface area (Å²) in [6, 6.07) is 13.4. The highest BCUT2D eigenvalue weighted by Crippen LogP contribution is 2.37. The first kappa shape index (κ1) is 28.2. The van der Waals surface area contributed by atoms with E-state index in [9.17, 15) is 22.4 Å². The van der Waals surface area contributed by atoms with Crippen molar-refractivity contribution in [3.8, 4) is 0 Å². The van der Waals surface area contributed by atoms with Gasteiger partial charge in [-0.2, -0.15) is 13.2 Å². The standard InChI is InChI=1S/C30H28F4N6O/c1-5-21-17-39(24-15-27(41)38(4)23-13-14-26(35-3)37-28(23)24)18(2)16-40(21)29(19-9-11-20(31)12-10-19)22-7-6-8-25(36-22)30(32,33)34/h6-15,18,21,29H,5,16-17H2,1-2,4H3/t18-,21+,29?/m0/s1. The monoisotopic (exact) mass is 564 g/mol. The molecule has 212 valence electrons. The van der Waals surface area contributed by atoms with Crippen LogP contribution in [0.15, 0.2) is 65.5 Å². The zero-order chi connectivity index (χ0) is 29.5. The van der Waals surface area contributed by atoms with Crippen LogP contribution in [0.3, 0.4) is 0 Å². The lowest BCUT2D eigenvalue weighted by atomic mass is 9.94. The Bertz CT molecular complexity index is 1680. The van der Waals surface area contributed by atoms with Crippen molar-refractivity contribution in [1.82, 2.24) is 19.4 Å². The predicted octanol–water partition coefficient (Wildman–Crippen LogP) is 6.12. The molecule has 1 aliphatic heterocycles. The number of fused-ring (bicyclic) bond motifs is 1. The van der Waals surface area contributed by atoms with Crippen LogP contribution in [0.25, 0.3) is 15.9 Å². The number of halogens is 4. The number of piperazine rings is 1. The molecule has 1 aliphatic rings. The number of hydrogen-bond acceptors (Lipinski definition) is 5. The van der Waals surface area contributed by atoms with E-state index in [0.29, 0.717) is 41.8 Å². The van der Waals surface area contributed by atoms with E-state index in [1.54, 1.807) is 37.4 Å². The molecule has 1 fully saturated rings. The second-order valence-electron chi connectivity index (χ2n) is 10.2. The molecule has 4 aromatic rings. The number of aryl methyl sites for hydroxylation is 1. The lowest BCUT2D eigenvalue weighted by Crippen LogP contribution is -2.58. The molecule has 0 bridgehead atoms. The van der Waals surface area contributed by atoms with Crippen LogP contribution in [0.5, 0.6) is 0 Å².